The van der Waals surface area contributed by atoms with Crippen molar-refractivity contribution in [2.24, 2.45) is 0 Å². The second kappa shape index (κ2) is 9.66. The van der Waals surface area contributed by atoms with E-state index in [2.05, 4.69) is 10.6 Å². The summed E-state index contributed by atoms with van der Waals surface area (Å²) in [5.41, 5.74) is 1.58. The zero-order valence-electron chi connectivity index (χ0n) is 15.6. The molecule has 0 saturated carbocycles. The Morgan fingerprint density at radius 2 is 1.93 bits per heavy atom. The summed E-state index contributed by atoms with van der Waals surface area (Å²) in [6, 6.07) is 9.06. The third-order valence-corrected chi connectivity index (χ3v) is 5.66. The van der Waals surface area contributed by atoms with Gasteiger partial charge in [-0.1, -0.05) is 18.2 Å². The predicted octanol–water partition coefficient (Wildman–Crippen LogP) is 3.70. The number of ether oxygens (including phenoxy) is 2. The average Bonchev–Trinajstić information content (AvgIpc) is 3.05. The smallest absolute Gasteiger partial charge is 0.341 e. The largest absolute Gasteiger partial charge is 0.484 e. The molecule has 0 saturated heterocycles. The summed E-state index contributed by atoms with van der Waals surface area (Å²) in [5.74, 6) is -0.127. The lowest BCUT2D eigenvalue weighted by molar-refractivity contribution is -0.121. The van der Waals surface area contributed by atoms with Crippen molar-refractivity contribution in [2.75, 3.05) is 18.5 Å². The molecule has 8 heteroatoms. The number of aryl methyl sites for hydroxylation is 1. The summed E-state index contributed by atoms with van der Waals surface area (Å²) in [6.07, 6.45) is 3.95. The molecule has 6 nitrogen and oxygen atoms in total. The number of benzene rings is 1. The van der Waals surface area contributed by atoms with Gasteiger partial charge in [-0.25, -0.2) is 4.79 Å². The van der Waals surface area contributed by atoms with Crippen LogP contribution in [0.2, 0.25) is 0 Å². The molecular weight excluding hydrogens is 396 g/mol. The number of amides is 1. The Morgan fingerprint density at radius 1 is 1.18 bits per heavy atom. The van der Waals surface area contributed by atoms with E-state index in [-0.39, 0.29) is 23.6 Å². The third kappa shape index (κ3) is 5.08. The number of carbonyl (C=O) groups is 2. The van der Waals surface area contributed by atoms with Crippen LogP contribution in [0.15, 0.2) is 30.3 Å². The molecule has 1 aromatic heterocycles. The van der Waals surface area contributed by atoms with E-state index in [1.807, 2.05) is 18.2 Å². The third-order valence-electron chi connectivity index (χ3n) is 4.24. The van der Waals surface area contributed by atoms with Crippen LogP contribution in [-0.2, 0) is 22.4 Å². The van der Waals surface area contributed by atoms with Crippen LogP contribution in [-0.4, -0.2) is 30.2 Å². The summed E-state index contributed by atoms with van der Waals surface area (Å²) in [4.78, 5) is 25.7. The molecule has 148 valence electrons. The van der Waals surface area contributed by atoms with Crippen LogP contribution >= 0.6 is 23.6 Å². The molecular formula is C20H22N2O4S2. The monoisotopic (exact) mass is 418 g/mol. The zero-order valence-corrected chi connectivity index (χ0v) is 17.2. The van der Waals surface area contributed by atoms with Crippen molar-refractivity contribution < 1.29 is 19.1 Å². The van der Waals surface area contributed by atoms with Gasteiger partial charge in [0.2, 0.25) is 0 Å². The first-order valence-electron chi connectivity index (χ1n) is 9.18. The van der Waals surface area contributed by atoms with Gasteiger partial charge in [0.1, 0.15) is 10.8 Å². The Kier molecular flexibility index (Phi) is 7.00. The molecule has 2 aromatic rings. The molecule has 28 heavy (non-hydrogen) atoms. The van der Waals surface area contributed by atoms with Gasteiger partial charge >= 0.3 is 5.97 Å². The fourth-order valence-electron chi connectivity index (χ4n) is 3.04. The molecule has 1 heterocycles. The number of thiocarbonyl (C=S) groups is 1. The summed E-state index contributed by atoms with van der Waals surface area (Å²) in [5, 5.41) is 6.34. The highest BCUT2D eigenvalue weighted by molar-refractivity contribution is 7.80. The molecule has 2 N–H and O–H groups in total. The van der Waals surface area contributed by atoms with E-state index in [0.717, 1.165) is 31.2 Å². The van der Waals surface area contributed by atoms with Gasteiger partial charge in [0.15, 0.2) is 11.7 Å². The highest BCUT2D eigenvalue weighted by atomic mass is 32.1. The van der Waals surface area contributed by atoms with Gasteiger partial charge in [-0.2, -0.15) is 0 Å². The van der Waals surface area contributed by atoms with Gasteiger partial charge in [-0.3, -0.25) is 10.1 Å². The fraction of sp³-hybridized carbons (Fsp3) is 0.350. The summed E-state index contributed by atoms with van der Waals surface area (Å²) in [6.45, 7) is 1.93. The maximum atomic E-state index is 12.5. The maximum Gasteiger partial charge on any atom is 0.341 e. The van der Waals surface area contributed by atoms with Crippen LogP contribution in [0.1, 0.15) is 40.6 Å². The van der Waals surface area contributed by atoms with E-state index < -0.39 is 0 Å². The minimum atomic E-state index is -0.375. The lowest BCUT2D eigenvalue weighted by Gasteiger charge is -2.13. The van der Waals surface area contributed by atoms with E-state index in [1.54, 1.807) is 19.1 Å². The second-order valence-electron chi connectivity index (χ2n) is 6.24. The minimum Gasteiger partial charge on any atom is -0.484 e. The Bertz CT molecular complexity index is 865. The molecule has 1 aromatic carbocycles. The first-order chi connectivity index (χ1) is 13.6. The first kappa shape index (κ1) is 20.3. The maximum absolute atomic E-state index is 12.5. The lowest BCUT2D eigenvalue weighted by atomic mass is 9.95. The van der Waals surface area contributed by atoms with Gasteiger partial charge < -0.3 is 14.8 Å². The number of hydrogen-bond donors (Lipinski definition) is 2. The van der Waals surface area contributed by atoms with E-state index >= 15 is 0 Å². The molecule has 0 aliphatic heterocycles. The number of para-hydroxylation sites is 1. The van der Waals surface area contributed by atoms with Crippen LogP contribution in [0.5, 0.6) is 5.75 Å². The van der Waals surface area contributed by atoms with Crippen molar-refractivity contribution in [3.63, 3.8) is 0 Å². The van der Waals surface area contributed by atoms with E-state index in [9.17, 15) is 9.59 Å². The summed E-state index contributed by atoms with van der Waals surface area (Å²) in [7, 11) is 0. The quantitative estimate of drug-likeness (QED) is 0.550. The molecule has 1 amide bonds. The summed E-state index contributed by atoms with van der Waals surface area (Å²) < 4.78 is 10.6. The highest BCUT2D eigenvalue weighted by Gasteiger charge is 2.26. The molecule has 0 fully saturated rings. The highest BCUT2D eigenvalue weighted by Crippen LogP contribution is 2.38. The van der Waals surface area contributed by atoms with E-state index in [1.165, 1.54) is 16.2 Å². The van der Waals surface area contributed by atoms with Gasteiger partial charge in [-0.15, -0.1) is 11.3 Å². The van der Waals surface area contributed by atoms with Gasteiger partial charge in [0.25, 0.3) is 5.91 Å². The molecule has 0 radical (unpaired) electrons. The molecule has 1 aliphatic carbocycles. The normalized spacial score (nSPS) is 12.6. The van der Waals surface area contributed by atoms with Crippen LogP contribution in [0, 0.1) is 0 Å². The molecule has 0 spiro atoms. The number of esters is 1. The Labute approximate surface area is 173 Å². The van der Waals surface area contributed by atoms with Crippen molar-refractivity contribution in [2.45, 2.75) is 32.6 Å². The number of hydrogen-bond acceptors (Lipinski definition) is 6. The van der Waals surface area contributed by atoms with Crippen LogP contribution < -0.4 is 15.4 Å². The molecule has 0 atom stereocenters. The van der Waals surface area contributed by atoms with E-state index in [0.29, 0.717) is 22.9 Å². The zero-order chi connectivity index (χ0) is 19.9. The van der Waals surface area contributed by atoms with Gasteiger partial charge in [-0.05, 0) is 62.5 Å². The van der Waals surface area contributed by atoms with Gasteiger partial charge in [0, 0.05) is 4.88 Å². The van der Waals surface area contributed by atoms with Crippen LogP contribution in [0.25, 0.3) is 0 Å². The van der Waals surface area contributed by atoms with Crippen molar-refractivity contribution >= 4 is 45.5 Å². The van der Waals surface area contributed by atoms with Crippen molar-refractivity contribution in [1.29, 1.82) is 0 Å². The molecule has 0 unspecified atom stereocenters. The number of thiophene rings is 1. The number of rotatable bonds is 6. The lowest BCUT2D eigenvalue weighted by Crippen LogP contribution is -2.37. The number of nitrogens with one attached hydrogen (secondary N) is 2. The fourth-order valence-corrected chi connectivity index (χ4v) is 4.60. The SMILES string of the molecule is CCOC(=O)c1c(NC(=S)NC(=O)COc2ccccc2)sc2c1CCCC2. The summed E-state index contributed by atoms with van der Waals surface area (Å²) >= 11 is 6.75. The Morgan fingerprint density at radius 3 is 2.68 bits per heavy atom. The van der Waals surface area contributed by atoms with Crippen molar-refractivity contribution in [3.8, 4) is 5.75 Å². The van der Waals surface area contributed by atoms with Crippen LogP contribution in [0.3, 0.4) is 0 Å². The number of anilines is 1. The first-order valence-corrected chi connectivity index (χ1v) is 10.4. The van der Waals surface area contributed by atoms with Crippen molar-refractivity contribution in [1.82, 2.24) is 5.32 Å². The Balaban J connectivity index is 1.63. The second-order valence-corrected chi connectivity index (χ2v) is 7.75. The number of fused-ring (bicyclic) bond motifs is 1. The van der Waals surface area contributed by atoms with Crippen LogP contribution in [0.4, 0.5) is 5.00 Å². The average molecular weight is 419 g/mol. The van der Waals surface area contributed by atoms with Gasteiger partial charge in [0.05, 0.1) is 12.2 Å². The molecule has 0 bridgehead atoms. The topological polar surface area (TPSA) is 76.7 Å². The number of carbonyl (C=O) groups excluding carboxylic acids is 2. The van der Waals surface area contributed by atoms with E-state index in [4.69, 9.17) is 21.7 Å². The molecule has 1 aliphatic rings. The predicted molar refractivity (Wildman–Crippen MR) is 113 cm³/mol. The standard InChI is InChI=1S/C20H22N2O4S2/c1-2-25-19(24)17-14-10-6-7-11-15(14)28-18(17)22-20(27)21-16(23)12-26-13-8-4-3-5-9-13/h3-5,8-9H,2,6-7,10-12H2,1H3,(H2,21,22,23,27). The minimum absolute atomic E-state index is 0.130. The Hall–Kier alpha value is -2.45. The van der Waals surface area contributed by atoms with Crippen molar-refractivity contribution in [3.05, 3.63) is 46.3 Å². The molecule has 3 rings (SSSR count).